The molecule has 92 valence electrons. The lowest BCUT2D eigenvalue weighted by atomic mass is 10.1. The Morgan fingerprint density at radius 2 is 2.18 bits per heavy atom. The molecule has 0 atom stereocenters. The van der Waals surface area contributed by atoms with Crippen molar-refractivity contribution in [1.82, 2.24) is 0 Å². The van der Waals surface area contributed by atoms with Gasteiger partial charge in [-0.2, -0.15) is 0 Å². The lowest BCUT2D eigenvalue weighted by Gasteiger charge is -2.03. The van der Waals surface area contributed by atoms with Gasteiger partial charge in [0.2, 0.25) is 0 Å². The van der Waals surface area contributed by atoms with E-state index in [1.165, 1.54) is 5.56 Å². The van der Waals surface area contributed by atoms with Crippen molar-refractivity contribution < 1.29 is 9.53 Å². The van der Waals surface area contributed by atoms with Crippen LogP contribution < -0.4 is 0 Å². The van der Waals surface area contributed by atoms with Gasteiger partial charge in [-0.15, -0.1) is 0 Å². The van der Waals surface area contributed by atoms with Crippen LogP contribution in [0.25, 0.3) is 0 Å². The van der Waals surface area contributed by atoms with Crippen molar-refractivity contribution in [1.29, 1.82) is 0 Å². The van der Waals surface area contributed by atoms with Crippen LogP contribution in [0.4, 0.5) is 0 Å². The number of carbonyl (C=O) groups is 1. The minimum Gasteiger partial charge on any atom is -0.462 e. The first kappa shape index (κ1) is 13.9. The summed E-state index contributed by atoms with van der Waals surface area (Å²) in [6, 6.07) is 6.04. The van der Waals surface area contributed by atoms with Gasteiger partial charge in [0.1, 0.15) is 5.71 Å². The zero-order chi connectivity index (χ0) is 12.8. The van der Waals surface area contributed by atoms with Gasteiger partial charge in [-0.1, -0.05) is 28.1 Å². The highest BCUT2D eigenvalue weighted by atomic mass is 79.9. The summed E-state index contributed by atoms with van der Waals surface area (Å²) in [6.45, 7) is 6.34. The highest BCUT2D eigenvalue weighted by molar-refractivity contribution is 9.10. The molecule has 0 bridgehead atoms. The second-order valence-electron chi connectivity index (χ2n) is 3.71. The number of benzene rings is 1. The SMILES string of the molecule is CCOC(=O)C(C)=NCc1ccc(C)c(Br)c1. The lowest BCUT2D eigenvalue weighted by molar-refractivity contribution is -0.135. The maximum atomic E-state index is 11.3. The first-order chi connectivity index (χ1) is 8.04. The van der Waals surface area contributed by atoms with Crippen LogP contribution in [-0.2, 0) is 16.1 Å². The summed E-state index contributed by atoms with van der Waals surface area (Å²) in [5.74, 6) is -0.348. The van der Waals surface area contributed by atoms with E-state index in [1.807, 2.05) is 25.1 Å². The number of hydrogen-bond acceptors (Lipinski definition) is 3. The van der Waals surface area contributed by atoms with E-state index in [-0.39, 0.29) is 5.97 Å². The molecular formula is C13H16BrNO2. The average molecular weight is 298 g/mol. The van der Waals surface area contributed by atoms with Crippen molar-refractivity contribution in [3.05, 3.63) is 33.8 Å². The largest absolute Gasteiger partial charge is 0.462 e. The molecule has 1 aromatic rings. The molecule has 0 amide bonds. The van der Waals surface area contributed by atoms with E-state index in [0.717, 1.165) is 10.0 Å². The molecule has 3 nitrogen and oxygen atoms in total. The van der Waals surface area contributed by atoms with Gasteiger partial charge in [-0.25, -0.2) is 4.79 Å². The molecule has 0 heterocycles. The van der Waals surface area contributed by atoms with Gasteiger partial charge in [-0.05, 0) is 38.0 Å². The highest BCUT2D eigenvalue weighted by Crippen LogP contribution is 2.17. The Balaban J connectivity index is 2.69. The number of aryl methyl sites for hydroxylation is 1. The third-order valence-corrected chi connectivity index (χ3v) is 3.16. The molecular weight excluding hydrogens is 282 g/mol. The summed E-state index contributed by atoms with van der Waals surface area (Å²) in [7, 11) is 0. The van der Waals surface area contributed by atoms with E-state index < -0.39 is 0 Å². The Morgan fingerprint density at radius 1 is 1.47 bits per heavy atom. The zero-order valence-corrected chi connectivity index (χ0v) is 11.9. The lowest BCUT2D eigenvalue weighted by Crippen LogP contribution is -2.14. The molecule has 17 heavy (non-hydrogen) atoms. The zero-order valence-electron chi connectivity index (χ0n) is 10.3. The smallest absolute Gasteiger partial charge is 0.351 e. The van der Waals surface area contributed by atoms with Crippen LogP contribution in [-0.4, -0.2) is 18.3 Å². The quantitative estimate of drug-likeness (QED) is 0.632. The van der Waals surface area contributed by atoms with Crippen molar-refractivity contribution in [3.8, 4) is 0 Å². The highest BCUT2D eigenvalue weighted by Gasteiger charge is 2.05. The number of ether oxygens (including phenoxy) is 1. The standard InChI is InChI=1S/C13H16BrNO2/c1-4-17-13(16)10(3)15-8-11-6-5-9(2)12(14)7-11/h5-7H,4,8H2,1-3H3. The van der Waals surface area contributed by atoms with Crippen molar-refractivity contribution in [2.75, 3.05) is 6.61 Å². The first-order valence-corrected chi connectivity index (χ1v) is 6.27. The molecule has 0 radical (unpaired) electrons. The van der Waals surface area contributed by atoms with Crippen molar-refractivity contribution in [2.45, 2.75) is 27.3 Å². The van der Waals surface area contributed by atoms with Gasteiger partial charge >= 0.3 is 5.97 Å². The third-order valence-electron chi connectivity index (χ3n) is 2.31. The summed E-state index contributed by atoms with van der Waals surface area (Å²) in [5, 5.41) is 0. The fraction of sp³-hybridized carbons (Fsp3) is 0.385. The van der Waals surface area contributed by atoms with Crippen molar-refractivity contribution in [2.24, 2.45) is 4.99 Å². The third kappa shape index (κ3) is 4.30. The Kier molecular flexibility index (Phi) is 5.35. The van der Waals surface area contributed by atoms with Gasteiger partial charge in [0.05, 0.1) is 13.2 Å². The molecule has 4 heteroatoms. The molecule has 0 fully saturated rings. The Labute approximate surface area is 110 Å². The molecule has 0 spiro atoms. The second kappa shape index (κ2) is 6.55. The van der Waals surface area contributed by atoms with Crippen LogP contribution in [0, 0.1) is 6.92 Å². The number of halogens is 1. The molecule has 1 rings (SSSR count). The topological polar surface area (TPSA) is 38.7 Å². The predicted octanol–water partition coefficient (Wildman–Crippen LogP) is 3.28. The number of aliphatic imine (C=N–C) groups is 1. The summed E-state index contributed by atoms with van der Waals surface area (Å²) in [5.41, 5.74) is 2.65. The number of hydrogen-bond donors (Lipinski definition) is 0. The van der Waals surface area contributed by atoms with E-state index >= 15 is 0 Å². The van der Waals surface area contributed by atoms with E-state index in [0.29, 0.717) is 18.9 Å². The molecule has 0 aliphatic carbocycles. The number of rotatable bonds is 4. The summed E-state index contributed by atoms with van der Waals surface area (Å²) < 4.78 is 5.91. The minimum atomic E-state index is -0.348. The Bertz CT molecular complexity index is 441. The van der Waals surface area contributed by atoms with Crippen LogP contribution in [0.15, 0.2) is 27.7 Å². The first-order valence-electron chi connectivity index (χ1n) is 5.47. The van der Waals surface area contributed by atoms with Gasteiger partial charge in [0.15, 0.2) is 0 Å². The maximum Gasteiger partial charge on any atom is 0.351 e. The molecule has 0 aliphatic heterocycles. The Morgan fingerprint density at radius 3 is 2.76 bits per heavy atom. The molecule has 0 saturated carbocycles. The van der Waals surface area contributed by atoms with E-state index in [2.05, 4.69) is 20.9 Å². The summed E-state index contributed by atoms with van der Waals surface area (Å²) >= 11 is 3.47. The van der Waals surface area contributed by atoms with Crippen LogP contribution in [0.5, 0.6) is 0 Å². The Hall–Kier alpha value is -1.16. The minimum absolute atomic E-state index is 0.348. The second-order valence-corrected chi connectivity index (χ2v) is 4.56. The van der Waals surface area contributed by atoms with Gasteiger partial charge in [0.25, 0.3) is 0 Å². The van der Waals surface area contributed by atoms with Crippen LogP contribution in [0.1, 0.15) is 25.0 Å². The van der Waals surface area contributed by atoms with Gasteiger partial charge in [-0.3, -0.25) is 4.99 Å². The monoisotopic (exact) mass is 297 g/mol. The number of carbonyl (C=O) groups excluding carboxylic acids is 1. The van der Waals surface area contributed by atoms with Crippen LogP contribution >= 0.6 is 15.9 Å². The normalized spacial score (nSPS) is 11.4. The maximum absolute atomic E-state index is 11.3. The number of nitrogens with zero attached hydrogens (tertiary/aromatic N) is 1. The van der Waals surface area contributed by atoms with Crippen LogP contribution in [0.2, 0.25) is 0 Å². The molecule has 0 aliphatic rings. The number of esters is 1. The molecule has 1 aromatic carbocycles. The van der Waals surface area contributed by atoms with Crippen molar-refractivity contribution in [3.63, 3.8) is 0 Å². The summed E-state index contributed by atoms with van der Waals surface area (Å²) in [4.78, 5) is 15.5. The fourth-order valence-corrected chi connectivity index (χ4v) is 1.67. The molecule has 0 aromatic heterocycles. The predicted molar refractivity (Wildman–Crippen MR) is 72.3 cm³/mol. The van der Waals surface area contributed by atoms with Crippen molar-refractivity contribution >= 4 is 27.6 Å². The van der Waals surface area contributed by atoms with E-state index in [1.54, 1.807) is 13.8 Å². The van der Waals surface area contributed by atoms with E-state index in [4.69, 9.17) is 4.74 Å². The molecule has 0 N–H and O–H groups in total. The molecule has 0 saturated heterocycles. The average Bonchev–Trinajstić information content (AvgIpc) is 2.30. The summed E-state index contributed by atoms with van der Waals surface area (Å²) in [6.07, 6.45) is 0. The molecule has 0 unspecified atom stereocenters. The van der Waals surface area contributed by atoms with Crippen LogP contribution in [0.3, 0.4) is 0 Å². The fourth-order valence-electron chi connectivity index (χ4n) is 1.24. The van der Waals surface area contributed by atoms with Gasteiger partial charge in [0, 0.05) is 4.47 Å². The van der Waals surface area contributed by atoms with E-state index in [9.17, 15) is 4.79 Å². The van der Waals surface area contributed by atoms with Gasteiger partial charge < -0.3 is 4.74 Å².